The third kappa shape index (κ3) is 3.68. The van der Waals surface area contributed by atoms with Crippen LogP contribution in [0.2, 0.25) is 10.0 Å². The molecule has 4 nitrogen and oxygen atoms in total. The van der Waals surface area contributed by atoms with E-state index in [1.807, 2.05) is 19.2 Å². The van der Waals surface area contributed by atoms with Crippen molar-refractivity contribution in [3.63, 3.8) is 0 Å². The lowest BCUT2D eigenvalue weighted by Gasteiger charge is -2.48. The highest BCUT2D eigenvalue weighted by atomic mass is 35.5. The Morgan fingerprint density at radius 3 is 2.78 bits per heavy atom. The average Bonchev–Trinajstić information content (AvgIpc) is 2.51. The predicted octanol–water partition coefficient (Wildman–Crippen LogP) is 2.87. The summed E-state index contributed by atoms with van der Waals surface area (Å²) in [6, 6.07) is 5.34. The van der Waals surface area contributed by atoms with Gasteiger partial charge in [-0.15, -0.1) is 0 Å². The zero-order chi connectivity index (χ0) is 16.4. The summed E-state index contributed by atoms with van der Waals surface area (Å²) in [5.41, 5.74) is 1.09. The Balaban J connectivity index is 1.62. The number of nitrogens with zero attached hydrogens (tertiary/aromatic N) is 1. The minimum Gasteiger partial charge on any atom is -0.394 e. The van der Waals surface area contributed by atoms with E-state index in [2.05, 4.69) is 10.2 Å². The third-order valence-corrected chi connectivity index (χ3v) is 5.98. The lowest BCUT2D eigenvalue weighted by Crippen LogP contribution is -2.62. The quantitative estimate of drug-likeness (QED) is 0.849. The first kappa shape index (κ1) is 17.5. The molecule has 1 aromatic rings. The van der Waals surface area contributed by atoms with Crippen molar-refractivity contribution in [3.8, 4) is 0 Å². The van der Waals surface area contributed by atoms with Crippen LogP contribution in [0.25, 0.3) is 0 Å². The number of hydrogen-bond donors (Lipinski definition) is 2. The van der Waals surface area contributed by atoms with Gasteiger partial charge in [-0.25, -0.2) is 0 Å². The lowest BCUT2D eigenvalue weighted by molar-refractivity contribution is -0.0733. The normalized spacial score (nSPS) is 24.7. The highest BCUT2D eigenvalue weighted by Gasteiger charge is 2.41. The van der Waals surface area contributed by atoms with Crippen molar-refractivity contribution in [2.75, 3.05) is 33.4 Å². The van der Waals surface area contributed by atoms with E-state index in [9.17, 15) is 5.11 Å². The van der Waals surface area contributed by atoms with Crippen LogP contribution in [0, 0.1) is 0 Å². The number of halogens is 2. The molecule has 1 spiro atoms. The molecule has 1 saturated heterocycles. The number of benzene rings is 1. The second-order valence-corrected chi connectivity index (χ2v) is 7.51. The SMILES string of the molecule is CN(CC1CNC2(CCC2)CO1)C(CO)c1cccc(Cl)c1Cl. The number of morpholine rings is 1. The Labute approximate surface area is 147 Å². The van der Waals surface area contributed by atoms with E-state index in [0.29, 0.717) is 10.0 Å². The average molecular weight is 359 g/mol. The predicted molar refractivity (Wildman–Crippen MR) is 93.2 cm³/mol. The number of hydrogen-bond acceptors (Lipinski definition) is 4. The topological polar surface area (TPSA) is 44.7 Å². The zero-order valence-corrected chi connectivity index (χ0v) is 14.9. The lowest BCUT2D eigenvalue weighted by atomic mass is 9.76. The van der Waals surface area contributed by atoms with Crippen LogP contribution in [0.1, 0.15) is 30.9 Å². The molecule has 1 aromatic carbocycles. The Morgan fingerprint density at radius 1 is 1.43 bits per heavy atom. The molecule has 1 aliphatic carbocycles. The van der Waals surface area contributed by atoms with Gasteiger partial charge in [-0.05, 0) is 37.9 Å². The number of likely N-dealkylation sites (N-methyl/N-ethyl adjacent to an activating group) is 1. The van der Waals surface area contributed by atoms with Crippen LogP contribution in [0.15, 0.2) is 18.2 Å². The van der Waals surface area contributed by atoms with Crippen molar-refractivity contribution in [1.29, 1.82) is 0 Å². The van der Waals surface area contributed by atoms with Gasteiger partial charge in [0.15, 0.2) is 0 Å². The van der Waals surface area contributed by atoms with E-state index in [1.165, 1.54) is 19.3 Å². The first-order valence-electron chi connectivity index (χ1n) is 8.16. The van der Waals surface area contributed by atoms with Crippen LogP contribution >= 0.6 is 23.2 Å². The molecule has 2 atom stereocenters. The molecule has 0 bridgehead atoms. The molecule has 128 valence electrons. The van der Waals surface area contributed by atoms with Crippen LogP contribution in [0.5, 0.6) is 0 Å². The van der Waals surface area contributed by atoms with Crippen molar-refractivity contribution >= 4 is 23.2 Å². The van der Waals surface area contributed by atoms with Crippen LogP contribution in [-0.4, -0.2) is 55.0 Å². The fourth-order valence-electron chi connectivity index (χ4n) is 3.46. The van der Waals surface area contributed by atoms with Gasteiger partial charge in [0.05, 0.1) is 35.4 Å². The Kier molecular flexibility index (Phi) is 5.51. The summed E-state index contributed by atoms with van der Waals surface area (Å²) in [7, 11) is 1.98. The smallest absolute Gasteiger partial charge is 0.0827 e. The molecule has 2 unspecified atom stereocenters. The van der Waals surface area contributed by atoms with Gasteiger partial charge in [-0.1, -0.05) is 35.3 Å². The summed E-state index contributed by atoms with van der Waals surface area (Å²) in [4.78, 5) is 2.09. The number of ether oxygens (including phenoxy) is 1. The highest BCUT2D eigenvalue weighted by Crippen LogP contribution is 2.35. The maximum Gasteiger partial charge on any atom is 0.0827 e. The maximum atomic E-state index is 9.83. The maximum absolute atomic E-state index is 9.83. The molecule has 1 saturated carbocycles. The standard InChI is InChI=1S/C17H24Cl2N2O2/c1-21(9-12-8-20-17(11-23-12)6-3-7-17)15(10-22)13-4-2-5-14(18)16(13)19/h2,4-5,12,15,20,22H,3,6-11H2,1H3. The summed E-state index contributed by atoms with van der Waals surface area (Å²) in [6.45, 7) is 2.36. The van der Waals surface area contributed by atoms with Gasteiger partial charge >= 0.3 is 0 Å². The fourth-order valence-corrected chi connectivity index (χ4v) is 3.89. The first-order valence-corrected chi connectivity index (χ1v) is 8.92. The molecule has 2 aliphatic rings. The van der Waals surface area contributed by atoms with E-state index in [0.717, 1.165) is 25.3 Å². The molecule has 1 aliphatic heterocycles. The number of rotatable bonds is 5. The van der Waals surface area contributed by atoms with Crippen molar-refractivity contribution in [1.82, 2.24) is 10.2 Å². The van der Waals surface area contributed by atoms with E-state index < -0.39 is 0 Å². The molecule has 0 aromatic heterocycles. The van der Waals surface area contributed by atoms with Gasteiger partial charge in [-0.2, -0.15) is 0 Å². The number of aliphatic hydroxyl groups is 1. The molecule has 2 N–H and O–H groups in total. The minimum atomic E-state index is -0.190. The summed E-state index contributed by atoms with van der Waals surface area (Å²) >= 11 is 12.4. The fraction of sp³-hybridized carbons (Fsp3) is 0.647. The molecule has 3 rings (SSSR count). The summed E-state index contributed by atoms with van der Waals surface area (Å²) in [5.74, 6) is 0. The molecule has 0 amide bonds. The minimum absolute atomic E-state index is 0.0132. The molecule has 2 fully saturated rings. The van der Waals surface area contributed by atoms with Crippen LogP contribution in [0.4, 0.5) is 0 Å². The summed E-state index contributed by atoms with van der Waals surface area (Å²) < 4.78 is 6.05. The Hall–Kier alpha value is -0.360. The highest BCUT2D eigenvalue weighted by molar-refractivity contribution is 6.42. The van der Waals surface area contributed by atoms with Crippen LogP contribution in [0.3, 0.4) is 0 Å². The summed E-state index contributed by atoms with van der Waals surface area (Å²) in [6.07, 6.45) is 3.85. The third-order valence-electron chi connectivity index (χ3n) is 5.15. The van der Waals surface area contributed by atoms with E-state index in [1.54, 1.807) is 6.07 Å². The monoisotopic (exact) mass is 358 g/mol. The van der Waals surface area contributed by atoms with E-state index in [-0.39, 0.29) is 24.3 Å². The molecule has 0 radical (unpaired) electrons. The molecule has 6 heteroatoms. The van der Waals surface area contributed by atoms with Gasteiger partial charge in [0.2, 0.25) is 0 Å². The van der Waals surface area contributed by atoms with Gasteiger partial charge in [0, 0.05) is 18.6 Å². The van der Waals surface area contributed by atoms with Gasteiger partial charge in [0.1, 0.15) is 0 Å². The van der Waals surface area contributed by atoms with E-state index >= 15 is 0 Å². The van der Waals surface area contributed by atoms with E-state index in [4.69, 9.17) is 27.9 Å². The van der Waals surface area contributed by atoms with Crippen molar-refractivity contribution in [3.05, 3.63) is 33.8 Å². The van der Waals surface area contributed by atoms with Gasteiger partial charge in [-0.3, -0.25) is 4.90 Å². The number of aliphatic hydroxyl groups excluding tert-OH is 1. The molecule has 1 heterocycles. The first-order chi connectivity index (χ1) is 11.0. The van der Waals surface area contributed by atoms with Gasteiger partial charge < -0.3 is 15.2 Å². The summed E-state index contributed by atoms with van der Waals surface area (Å²) in [5, 5.41) is 14.5. The second kappa shape index (κ2) is 7.26. The van der Waals surface area contributed by atoms with Crippen LogP contribution < -0.4 is 5.32 Å². The van der Waals surface area contributed by atoms with Crippen molar-refractivity contribution < 1.29 is 9.84 Å². The Bertz CT molecular complexity index is 541. The largest absolute Gasteiger partial charge is 0.394 e. The van der Waals surface area contributed by atoms with Crippen molar-refractivity contribution in [2.24, 2.45) is 0 Å². The molecular formula is C17H24Cl2N2O2. The second-order valence-electron chi connectivity index (χ2n) is 6.73. The molecule has 23 heavy (non-hydrogen) atoms. The van der Waals surface area contributed by atoms with Gasteiger partial charge in [0.25, 0.3) is 0 Å². The Morgan fingerprint density at radius 2 is 2.22 bits per heavy atom. The van der Waals surface area contributed by atoms with Crippen LogP contribution in [-0.2, 0) is 4.74 Å². The number of nitrogens with one attached hydrogen (secondary N) is 1. The zero-order valence-electron chi connectivity index (χ0n) is 13.4. The van der Waals surface area contributed by atoms with Crippen molar-refractivity contribution in [2.45, 2.75) is 36.9 Å². The molecular weight excluding hydrogens is 335 g/mol.